The molecule has 0 unspecified atom stereocenters. The number of ether oxygens (including phenoxy) is 2. The maximum atomic E-state index is 13.5. The molecule has 0 N–H and O–H groups in total. The van der Waals surface area contributed by atoms with Crippen LogP contribution in [0.5, 0.6) is 11.5 Å². The molecule has 0 atom stereocenters. The van der Waals surface area contributed by atoms with E-state index in [0.717, 1.165) is 43.9 Å². The van der Waals surface area contributed by atoms with Crippen molar-refractivity contribution in [3.8, 4) is 11.5 Å². The summed E-state index contributed by atoms with van der Waals surface area (Å²) in [4.78, 5) is 17.8. The minimum atomic E-state index is -0.356. The number of hydrogen-bond donors (Lipinski definition) is 0. The molecular weight excluding hydrogens is 419 g/mol. The zero-order chi connectivity index (χ0) is 23.2. The third-order valence-corrected chi connectivity index (χ3v) is 6.10. The number of methoxy groups -OCH3 is 2. The van der Waals surface area contributed by atoms with Gasteiger partial charge in [-0.2, -0.15) is 0 Å². The molecule has 0 aromatic heterocycles. The van der Waals surface area contributed by atoms with Gasteiger partial charge in [-0.05, 0) is 66.9 Å². The van der Waals surface area contributed by atoms with Crippen molar-refractivity contribution in [2.75, 3.05) is 32.2 Å². The largest absolute Gasteiger partial charge is 0.497 e. The first kappa shape index (κ1) is 22.8. The third-order valence-electron chi connectivity index (χ3n) is 6.10. The fourth-order valence-corrected chi connectivity index (χ4v) is 4.35. The molecular formula is C27H29FN2O3. The number of piperidine rings is 1. The van der Waals surface area contributed by atoms with E-state index in [9.17, 15) is 9.18 Å². The van der Waals surface area contributed by atoms with Crippen LogP contribution in [0.4, 0.5) is 10.1 Å². The number of halogens is 1. The summed E-state index contributed by atoms with van der Waals surface area (Å²) >= 11 is 0. The van der Waals surface area contributed by atoms with Gasteiger partial charge >= 0.3 is 0 Å². The maximum Gasteiger partial charge on any atom is 0.258 e. The standard InChI is InChI=1S/C27H29FN2O3/c1-32-25-7-3-5-20(17-25)19-29-15-13-23(14-16-29)30(24-6-4-8-26(18-24)33-2)27(31)21-9-11-22(28)12-10-21/h3-12,17-18,23H,13-16,19H2,1-2H3. The summed E-state index contributed by atoms with van der Waals surface area (Å²) in [7, 11) is 3.29. The molecule has 4 rings (SSSR count). The molecule has 0 spiro atoms. The van der Waals surface area contributed by atoms with Gasteiger partial charge in [0.2, 0.25) is 0 Å². The van der Waals surface area contributed by atoms with Gasteiger partial charge in [0, 0.05) is 43.0 Å². The maximum absolute atomic E-state index is 13.5. The van der Waals surface area contributed by atoms with Gasteiger partial charge in [-0.15, -0.1) is 0 Å². The number of carbonyl (C=O) groups excluding carboxylic acids is 1. The summed E-state index contributed by atoms with van der Waals surface area (Å²) < 4.78 is 24.2. The molecule has 172 valence electrons. The lowest BCUT2D eigenvalue weighted by Crippen LogP contribution is -2.47. The zero-order valence-corrected chi connectivity index (χ0v) is 19.0. The van der Waals surface area contributed by atoms with Gasteiger partial charge in [-0.3, -0.25) is 9.69 Å². The van der Waals surface area contributed by atoms with E-state index in [0.29, 0.717) is 11.3 Å². The van der Waals surface area contributed by atoms with Crippen molar-refractivity contribution >= 4 is 11.6 Å². The lowest BCUT2D eigenvalue weighted by atomic mass is 10.00. The number of benzene rings is 3. The molecule has 1 amide bonds. The molecule has 3 aromatic carbocycles. The molecule has 0 bridgehead atoms. The topological polar surface area (TPSA) is 42.0 Å². The SMILES string of the molecule is COc1cccc(CN2CCC(N(C(=O)c3ccc(F)cc3)c3cccc(OC)c3)CC2)c1. The van der Waals surface area contributed by atoms with Crippen LogP contribution >= 0.6 is 0 Å². The molecule has 1 fully saturated rings. The summed E-state index contributed by atoms with van der Waals surface area (Å²) in [5.74, 6) is 1.07. The fourth-order valence-electron chi connectivity index (χ4n) is 4.35. The van der Waals surface area contributed by atoms with E-state index in [-0.39, 0.29) is 17.8 Å². The number of hydrogen-bond acceptors (Lipinski definition) is 4. The third kappa shape index (κ3) is 5.52. The van der Waals surface area contributed by atoms with Crippen molar-refractivity contribution < 1.29 is 18.7 Å². The van der Waals surface area contributed by atoms with Crippen LogP contribution in [-0.4, -0.2) is 44.2 Å². The summed E-state index contributed by atoms with van der Waals surface area (Å²) in [6, 6.07) is 21.5. The van der Waals surface area contributed by atoms with E-state index >= 15 is 0 Å². The van der Waals surface area contributed by atoms with Crippen LogP contribution < -0.4 is 14.4 Å². The Kier molecular flexibility index (Phi) is 7.25. The minimum absolute atomic E-state index is 0.0382. The Labute approximate surface area is 194 Å². The predicted molar refractivity (Wildman–Crippen MR) is 127 cm³/mol. The number of rotatable bonds is 7. The molecule has 0 saturated carbocycles. The molecule has 1 saturated heterocycles. The Bertz CT molecular complexity index is 1080. The second-order valence-corrected chi connectivity index (χ2v) is 8.24. The predicted octanol–water partition coefficient (Wildman–Crippen LogP) is 5.15. The molecule has 0 aliphatic carbocycles. The monoisotopic (exact) mass is 448 g/mol. The molecule has 1 heterocycles. The highest BCUT2D eigenvalue weighted by Crippen LogP contribution is 2.29. The number of carbonyl (C=O) groups is 1. The molecule has 1 aliphatic heterocycles. The number of anilines is 1. The van der Waals surface area contributed by atoms with Crippen LogP contribution in [-0.2, 0) is 6.54 Å². The summed E-state index contributed by atoms with van der Waals surface area (Å²) in [6.45, 7) is 2.59. The quantitative estimate of drug-likeness (QED) is 0.501. The van der Waals surface area contributed by atoms with Crippen LogP contribution in [0.3, 0.4) is 0 Å². The zero-order valence-electron chi connectivity index (χ0n) is 19.0. The Morgan fingerprint density at radius 2 is 1.58 bits per heavy atom. The Balaban J connectivity index is 1.52. The Hall–Kier alpha value is -3.38. The van der Waals surface area contributed by atoms with Crippen molar-refractivity contribution in [3.63, 3.8) is 0 Å². The highest BCUT2D eigenvalue weighted by molar-refractivity contribution is 6.06. The van der Waals surface area contributed by atoms with Crippen LogP contribution in [0.25, 0.3) is 0 Å². The fraction of sp³-hybridized carbons (Fsp3) is 0.296. The van der Waals surface area contributed by atoms with E-state index in [1.165, 1.54) is 17.7 Å². The first-order valence-corrected chi connectivity index (χ1v) is 11.2. The number of nitrogens with zero attached hydrogens (tertiary/aromatic N) is 2. The summed E-state index contributed by atoms with van der Waals surface area (Å²) in [5.41, 5.74) is 2.47. The lowest BCUT2D eigenvalue weighted by Gasteiger charge is -2.38. The Morgan fingerprint density at radius 3 is 2.24 bits per heavy atom. The van der Waals surface area contributed by atoms with E-state index in [1.54, 1.807) is 26.4 Å². The second kappa shape index (κ2) is 10.5. The van der Waals surface area contributed by atoms with Gasteiger partial charge in [0.15, 0.2) is 0 Å². The first-order valence-electron chi connectivity index (χ1n) is 11.2. The van der Waals surface area contributed by atoms with Crippen LogP contribution in [0.1, 0.15) is 28.8 Å². The van der Waals surface area contributed by atoms with E-state index < -0.39 is 0 Å². The molecule has 3 aromatic rings. The average Bonchev–Trinajstić information content (AvgIpc) is 2.86. The second-order valence-electron chi connectivity index (χ2n) is 8.24. The highest BCUT2D eigenvalue weighted by atomic mass is 19.1. The van der Waals surface area contributed by atoms with Crippen molar-refractivity contribution in [2.24, 2.45) is 0 Å². The van der Waals surface area contributed by atoms with E-state index in [2.05, 4.69) is 17.0 Å². The van der Waals surface area contributed by atoms with Crippen molar-refractivity contribution in [3.05, 3.63) is 89.7 Å². The van der Waals surface area contributed by atoms with Gasteiger partial charge in [0.25, 0.3) is 5.91 Å². The first-order chi connectivity index (χ1) is 16.1. The van der Waals surface area contributed by atoms with Crippen molar-refractivity contribution in [1.82, 2.24) is 4.90 Å². The van der Waals surface area contributed by atoms with E-state index in [1.807, 2.05) is 41.3 Å². The summed E-state index contributed by atoms with van der Waals surface area (Å²) in [6.07, 6.45) is 1.68. The molecule has 1 aliphatic rings. The van der Waals surface area contributed by atoms with Gasteiger partial charge in [0.05, 0.1) is 14.2 Å². The normalized spacial score (nSPS) is 14.6. The summed E-state index contributed by atoms with van der Waals surface area (Å²) in [5, 5.41) is 0. The molecule has 0 radical (unpaired) electrons. The van der Waals surface area contributed by atoms with Crippen molar-refractivity contribution in [2.45, 2.75) is 25.4 Å². The molecule has 33 heavy (non-hydrogen) atoms. The van der Waals surface area contributed by atoms with Crippen LogP contribution in [0.15, 0.2) is 72.8 Å². The van der Waals surface area contributed by atoms with Gasteiger partial charge in [-0.1, -0.05) is 18.2 Å². The molecule has 6 heteroatoms. The average molecular weight is 449 g/mol. The van der Waals surface area contributed by atoms with Gasteiger partial charge < -0.3 is 14.4 Å². The van der Waals surface area contributed by atoms with Crippen molar-refractivity contribution in [1.29, 1.82) is 0 Å². The van der Waals surface area contributed by atoms with E-state index in [4.69, 9.17) is 9.47 Å². The van der Waals surface area contributed by atoms with Crippen LogP contribution in [0.2, 0.25) is 0 Å². The number of likely N-dealkylation sites (tertiary alicyclic amines) is 1. The smallest absolute Gasteiger partial charge is 0.258 e. The van der Waals surface area contributed by atoms with Gasteiger partial charge in [0.1, 0.15) is 17.3 Å². The van der Waals surface area contributed by atoms with Crippen LogP contribution in [0, 0.1) is 5.82 Å². The Morgan fingerprint density at radius 1 is 0.939 bits per heavy atom. The number of amides is 1. The minimum Gasteiger partial charge on any atom is -0.497 e. The van der Waals surface area contributed by atoms with Gasteiger partial charge in [-0.25, -0.2) is 4.39 Å². The highest BCUT2D eigenvalue weighted by Gasteiger charge is 2.30. The lowest BCUT2D eigenvalue weighted by molar-refractivity contribution is 0.0958. The molecule has 5 nitrogen and oxygen atoms in total.